The third kappa shape index (κ3) is 3.72. The standard InChI is InChI=1S/C18H26NO3.HI/c1-19(2)14-8-9-15(19)11-16(10-14)22-18(21)17(12-20)13-6-4-3-5-7-13;/h3-7,14-17,20H,8-12H2,1-2H3;1H/q+1;/p-1/t14-,15+,16?,17-;/m0./s1. The van der Waals surface area contributed by atoms with E-state index < -0.39 is 5.92 Å². The van der Waals surface area contributed by atoms with Crippen molar-refractivity contribution in [3.05, 3.63) is 35.9 Å². The van der Waals surface area contributed by atoms with Crippen LogP contribution in [-0.4, -0.2) is 54.4 Å². The Hall–Kier alpha value is -0.660. The molecule has 0 saturated carbocycles. The minimum Gasteiger partial charge on any atom is -1.00 e. The number of ether oxygens (including phenoxy) is 1. The molecule has 0 aromatic heterocycles. The maximum Gasteiger partial charge on any atom is 0.316 e. The summed E-state index contributed by atoms with van der Waals surface area (Å²) in [5.74, 6) is -0.853. The fourth-order valence-electron chi connectivity index (χ4n) is 4.17. The van der Waals surface area contributed by atoms with Gasteiger partial charge in [-0.2, -0.15) is 0 Å². The molecule has 2 aliphatic heterocycles. The average Bonchev–Trinajstić information content (AvgIpc) is 2.68. The first-order valence-electron chi connectivity index (χ1n) is 8.22. The van der Waals surface area contributed by atoms with Crippen molar-refractivity contribution in [3.63, 3.8) is 0 Å². The molecule has 2 saturated heterocycles. The van der Waals surface area contributed by atoms with E-state index in [9.17, 15) is 9.90 Å². The summed E-state index contributed by atoms with van der Waals surface area (Å²) in [4.78, 5) is 12.5. The Labute approximate surface area is 155 Å². The molecule has 2 heterocycles. The molecule has 0 radical (unpaired) electrons. The van der Waals surface area contributed by atoms with E-state index in [2.05, 4.69) is 14.1 Å². The van der Waals surface area contributed by atoms with Gasteiger partial charge >= 0.3 is 5.97 Å². The summed E-state index contributed by atoms with van der Waals surface area (Å²) in [5, 5.41) is 9.57. The van der Waals surface area contributed by atoms with Crippen molar-refractivity contribution in [2.45, 2.75) is 49.8 Å². The van der Waals surface area contributed by atoms with E-state index >= 15 is 0 Å². The summed E-state index contributed by atoms with van der Waals surface area (Å²) >= 11 is 0. The van der Waals surface area contributed by atoms with Crippen LogP contribution < -0.4 is 24.0 Å². The van der Waals surface area contributed by atoms with Crippen LogP contribution in [0.5, 0.6) is 0 Å². The van der Waals surface area contributed by atoms with E-state index in [0.717, 1.165) is 22.9 Å². The molecule has 1 N–H and O–H groups in total. The van der Waals surface area contributed by atoms with Gasteiger partial charge in [0.05, 0.1) is 32.8 Å². The van der Waals surface area contributed by atoms with Gasteiger partial charge in [0.15, 0.2) is 0 Å². The first-order chi connectivity index (χ1) is 10.5. The maximum absolute atomic E-state index is 12.5. The number of aliphatic hydroxyl groups is 1. The summed E-state index contributed by atoms with van der Waals surface area (Å²) in [5.41, 5.74) is 0.824. The minimum absolute atomic E-state index is 0. The molecule has 4 atom stereocenters. The number of aliphatic hydroxyl groups excluding tert-OH is 1. The Morgan fingerprint density at radius 3 is 2.30 bits per heavy atom. The molecule has 2 fully saturated rings. The van der Waals surface area contributed by atoms with Crippen molar-refractivity contribution in [2.24, 2.45) is 0 Å². The van der Waals surface area contributed by atoms with E-state index in [1.807, 2.05) is 30.3 Å². The summed E-state index contributed by atoms with van der Waals surface area (Å²) in [6.07, 6.45) is 4.36. The Morgan fingerprint density at radius 2 is 1.78 bits per heavy atom. The second-order valence-corrected chi connectivity index (χ2v) is 7.19. The lowest BCUT2D eigenvalue weighted by atomic mass is 9.96. The second kappa shape index (κ2) is 7.49. The van der Waals surface area contributed by atoms with Crippen LogP contribution in [0.1, 0.15) is 37.2 Å². The highest BCUT2D eigenvalue weighted by atomic mass is 127. The number of nitrogens with zero attached hydrogens (tertiary/aromatic N) is 1. The lowest BCUT2D eigenvalue weighted by Gasteiger charge is -2.44. The van der Waals surface area contributed by atoms with Crippen molar-refractivity contribution in [1.82, 2.24) is 0 Å². The van der Waals surface area contributed by atoms with Gasteiger partial charge in [-0.25, -0.2) is 0 Å². The van der Waals surface area contributed by atoms with E-state index in [-0.39, 0.29) is 42.7 Å². The number of carbonyl (C=O) groups is 1. The van der Waals surface area contributed by atoms with Crippen molar-refractivity contribution >= 4 is 5.97 Å². The van der Waals surface area contributed by atoms with Gasteiger partial charge in [-0.05, 0) is 5.56 Å². The fraction of sp³-hybridized carbons (Fsp3) is 0.611. The summed E-state index contributed by atoms with van der Waals surface area (Å²) < 4.78 is 6.83. The molecule has 23 heavy (non-hydrogen) atoms. The SMILES string of the molecule is C[N+]1(C)[C@@H]2CC[C@H]1CC(OC(=O)[C@@H](CO)c1ccccc1)C2.[I-]. The lowest BCUT2D eigenvalue weighted by Crippen LogP contribution is -3.00. The molecule has 2 aliphatic rings. The Bertz CT molecular complexity index is 518. The van der Waals surface area contributed by atoms with Crippen LogP contribution in [0.4, 0.5) is 0 Å². The monoisotopic (exact) mass is 431 g/mol. The van der Waals surface area contributed by atoms with Gasteiger partial charge in [-0.1, -0.05) is 30.3 Å². The summed E-state index contributed by atoms with van der Waals surface area (Å²) in [6, 6.07) is 10.6. The van der Waals surface area contributed by atoms with Gasteiger partial charge in [0, 0.05) is 25.7 Å². The van der Waals surface area contributed by atoms with Gasteiger partial charge < -0.3 is 38.3 Å². The summed E-state index contributed by atoms with van der Waals surface area (Å²) in [6.45, 7) is -0.204. The minimum atomic E-state index is -0.566. The largest absolute Gasteiger partial charge is 1.00 e. The molecule has 1 aromatic rings. The molecular weight excluding hydrogens is 405 g/mol. The number of piperidine rings is 1. The zero-order valence-electron chi connectivity index (χ0n) is 13.8. The molecule has 1 aromatic carbocycles. The smallest absolute Gasteiger partial charge is 0.316 e. The molecule has 5 heteroatoms. The third-order valence-corrected chi connectivity index (χ3v) is 5.74. The van der Waals surface area contributed by atoms with Crippen molar-refractivity contribution in [3.8, 4) is 0 Å². The van der Waals surface area contributed by atoms with Gasteiger partial charge in [0.2, 0.25) is 0 Å². The molecule has 3 rings (SSSR count). The maximum atomic E-state index is 12.5. The van der Waals surface area contributed by atoms with Crippen LogP contribution >= 0.6 is 0 Å². The molecule has 1 unspecified atom stereocenters. The van der Waals surface area contributed by atoms with Crippen LogP contribution in [0, 0.1) is 0 Å². The van der Waals surface area contributed by atoms with Gasteiger partial charge in [0.1, 0.15) is 12.0 Å². The van der Waals surface area contributed by atoms with Crippen molar-refractivity contribution < 1.29 is 43.1 Å². The number of rotatable bonds is 4. The normalized spacial score (nSPS) is 29.4. The first-order valence-corrected chi connectivity index (χ1v) is 8.22. The van der Waals surface area contributed by atoms with Crippen molar-refractivity contribution in [1.29, 1.82) is 0 Å². The average molecular weight is 431 g/mol. The van der Waals surface area contributed by atoms with E-state index in [0.29, 0.717) is 12.1 Å². The molecule has 0 spiro atoms. The van der Waals surface area contributed by atoms with Gasteiger partial charge in [-0.15, -0.1) is 0 Å². The predicted molar refractivity (Wildman–Crippen MR) is 84.3 cm³/mol. The van der Waals surface area contributed by atoms with Crippen LogP contribution in [0.2, 0.25) is 0 Å². The number of hydrogen-bond acceptors (Lipinski definition) is 3. The highest BCUT2D eigenvalue weighted by Crippen LogP contribution is 2.40. The quantitative estimate of drug-likeness (QED) is 0.381. The number of esters is 1. The third-order valence-electron chi connectivity index (χ3n) is 5.74. The van der Waals surface area contributed by atoms with Crippen LogP contribution in [0.25, 0.3) is 0 Å². The molecular formula is C18H26INO3. The molecule has 4 nitrogen and oxygen atoms in total. The van der Waals surface area contributed by atoms with E-state index in [1.165, 1.54) is 12.8 Å². The van der Waals surface area contributed by atoms with Crippen molar-refractivity contribution in [2.75, 3.05) is 20.7 Å². The Balaban J connectivity index is 0.00000192. The van der Waals surface area contributed by atoms with Gasteiger partial charge in [0.25, 0.3) is 0 Å². The van der Waals surface area contributed by atoms with E-state index in [4.69, 9.17) is 4.74 Å². The molecule has 0 aliphatic carbocycles. The Morgan fingerprint density at radius 1 is 1.22 bits per heavy atom. The van der Waals surface area contributed by atoms with Crippen LogP contribution in [0.3, 0.4) is 0 Å². The lowest BCUT2D eigenvalue weighted by molar-refractivity contribution is -0.931. The number of carbonyl (C=O) groups excluding carboxylic acids is 1. The second-order valence-electron chi connectivity index (χ2n) is 7.19. The number of quaternary nitrogens is 1. The highest BCUT2D eigenvalue weighted by Gasteiger charge is 2.50. The number of hydrogen-bond donors (Lipinski definition) is 1. The van der Waals surface area contributed by atoms with E-state index in [1.54, 1.807) is 0 Å². The molecule has 0 amide bonds. The topological polar surface area (TPSA) is 46.5 Å². The van der Waals surface area contributed by atoms with Crippen LogP contribution in [0.15, 0.2) is 30.3 Å². The number of benzene rings is 1. The first kappa shape index (κ1) is 18.7. The number of fused-ring (bicyclic) bond motifs is 2. The summed E-state index contributed by atoms with van der Waals surface area (Å²) in [7, 11) is 4.59. The zero-order chi connectivity index (χ0) is 15.7. The fourth-order valence-corrected chi connectivity index (χ4v) is 4.17. The van der Waals surface area contributed by atoms with Crippen LogP contribution in [-0.2, 0) is 9.53 Å². The molecule has 128 valence electrons. The Kier molecular flexibility index (Phi) is 6.08. The van der Waals surface area contributed by atoms with Gasteiger partial charge in [-0.3, -0.25) is 4.79 Å². The zero-order valence-corrected chi connectivity index (χ0v) is 16.0. The predicted octanol–water partition coefficient (Wildman–Crippen LogP) is -0.920. The number of halogens is 1. The molecule has 2 bridgehead atoms. The highest BCUT2D eigenvalue weighted by molar-refractivity contribution is 5.78.